The second kappa shape index (κ2) is 5.68. The largest absolute Gasteiger partial charge is 0.388 e. The van der Waals surface area contributed by atoms with Gasteiger partial charge in [-0.3, -0.25) is 4.79 Å². The van der Waals surface area contributed by atoms with E-state index in [1.165, 1.54) is 0 Å². The van der Waals surface area contributed by atoms with Crippen molar-refractivity contribution in [2.75, 3.05) is 25.5 Å². The Bertz CT molecular complexity index is 536. The number of anilines is 1. The van der Waals surface area contributed by atoms with Crippen LogP contribution in [0.4, 0.5) is 5.69 Å². The van der Waals surface area contributed by atoms with Crippen molar-refractivity contribution in [3.8, 4) is 0 Å². The predicted molar refractivity (Wildman–Crippen MR) is 83.6 cm³/mol. The van der Waals surface area contributed by atoms with E-state index in [1.54, 1.807) is 11.9 Å². The topological polar surface area (TPSA) is 52.6 Å². The molecule has 0 saturated heterocycles. The highest BCUT2D eigenvalue weighted by molar-refractivity contribution is 5.97. The summed E-state index contributed by atoms with van der Waals surface area (Å²) in [4.78, 5) is 14.4. The summed E-state index contributed by atoms with van der Waals surface area (Å²) in [6, 6.07) is 5.88. The van der Waals surface area contributed by atoms with Gasteiger partial charge < -0.3 is 15.3 Å². The number of hydrogen-bond donors (Lipinski definition) is 2. The number of nitrogens with one attached hydrogen (secondary N) is 1. The summed E-state index contributed by atoms with van der Waals surface area (Å²) in [6.45, 7) is 1.41. The molecule has 114 valence electrons. The van der Waals surface area contributed by atoms with Gasteiger partial charge in [-0.25, -0.2) is 0 Å². The molecule has 0 radical (unpaired) electrons. The van der Waals surface area contributed by atoms with Crippen LogP contribution in [0.5, 0.6) is 0 Å². The third-order valence-corrected chi connectivity index (χ3v) is 4.74. The summed E-state index contributed by atoms with van der Waals surface area (Å²) >= 11 is 0. The SMILES string of the molecule is CN(CC1(O)CCCC1)C(=O)c1cccc2c1CCCN2. The predicted octanol–water partition coefficient (Wildman–Crippen LogP) is 2.42. The molecule has 4 heteroatoms. The summed E-state index contributed by atoms with van der Waals surface area (Å²) in [6.07, 6.45) is 5.73. The maximum atomic E-state index is 12.7. The van der Waals surface area contributed by atoms with Crippen LogP contribution in [0.1, 0.15) is 48.0 Å². The quantitative estimate of drug-likeness (QED) is 0.898. The molecular weight excluding hydrogens is 264 g/mol. The lowest BCUT2D eigenvalue weighted by Gasteiger charge is -2.30. The van der Waals surface area contributed by atoms with Crippen molar-refractivity contribution < 1.29 is 9.90 Å². The molecule has 0 atom stereocenters. The van der Waals surface area contributed by atoms with Crippen LogP contribution in [0.2, 0.25) is 0 Å². The van der Waals surface area contributed by atoms with Crippen molar-refractivity contribution in [3.05, 3.63) is 29.3 Å². The van der Waals surface area contributed by atoms with E-state index in [-0.39, 0.29) is 5.91 Å². The lowest BCUT2D eigenvalue weighted by molar-refractivity contribution is 0.0156. The maximum absolute atomic E-state index is 12.7. The molecule has 0 unspecified atom stereocenters. The number of hydrogen-bond acceptors (Lipinski definition) is 3. The normalized spacial score (nSPS) is 19.7. The molecule has 2 aliphatic rings. The Morgan fingerprint density at radius 1 is 1.33 bits per heavy atom. The van der Waals surface area contributed by atoms with Crippen LogP contribution in [-0.2, 0) is 6.42 Å². The molecule has 3 rings (SSSR count). The Kier molecular flexibility index (Phi) is 3.89. The van der Waals surface area contributed by atoms with E-state index in [1.807, 2.05) is 18.2 Å². The van der Waals surface area contributed by atoms with Crippen LogP contribution in [0.3, 0.4) is 0 Å². The average Bonchev–Trinajstić information content (AvgIpc) is 2.92. The van der Waals surface area contributed by atoms with Crippen molar-refractivity contribution in [1.29, 1.82) is 0 Å². The molecule has 0 aromatic heterocycles. The van der Waals surface area contributed by atoms with Gasteiger partial charge in [-0.1, -0.05) is 18.9 Å². The van der Waals surface area contributed by atoms with Crippen LogP contribution >= 0.6 is 0 Å². The highest BCUT2D eigenvalue weighted by atomic mass is 16.3. The summed E-state index contributed by atoms with van der Waals surface area (Å²) in [5, 5.41) is 13.8. The highest BCUT2D eigenvalue weighted by Gasteiger charge is 2.34. The molecule has 4 nitrogen and oxygen atoms in total. The number of benzene rings is 1. The van der Waals surface area contributed by atoms with Crippen molar-refractivity contribution in [3.63, 3.8) is 0 Å². The Morgan fingerprint density at radius 3 is 2.86 bits per heavy atom. The fourth-order valence-corrected chi connectivity index (χ4v) is 3.62. The fourth-order valence-electron chi connectivity index (χ4n) is 3.62. The number of aliphatic hydroxyl groups is 1. The number of rotatable bonds is 3. The molecule has 1 aromatic carbocycles. The molecule has 0 bridgehead atoms. The van der Waals surface area contributed by atoms with Crippen LogP contribution in [0, 0.1) is 0 Å². The van der Waals surface area contributed by atoms with E-state index in [9.17, 15) is 9.90 Å². The first-order chi connectivity index (χ1) is 10.1. The van der Waals surface area contributed by atoms with E-state index in [0.717, 1.165) is 61.9 Å². The number of likely N-dealkylation sites (N-methyl/N-ethyl adjacent to an activating group) is 1. The number of carbonyl (C=O) groups excluding carboxylic acids is 1. The Balaban J connectivity index is 1.78. The standard InChI is InChI=1S/C17H24N2O2/c1-19(12-17(21)9-2-3-10-17)16(20)14-6-4-8-15-13(14)7-5-11-18-15/h4,6,8,18,21H,2-3,5,7,9-12H2,1H3. The molecule has 1 heterocycles. The number of carbonyl (C=O) groups is 1. The van der Waals surface area contributed by atoms with E-state index >= 15 is 0 Å². The van der Waals surface area contributed by atoms with Gasteiger partial charge in [-0.15, -0.1) is 0 Å². The first-order valence-corrected chi connectivity index (χ1v) is 7.93. The van der Waals surface area contributed by atoms with Gasteiger partial charge in [-0.2, -0.15) is 0 Å². The minimum atomic E-state index is -0.683. The van der Waals surface area contributed by atoms with Gasteiger partial charge in [0.05, 0.1) is 5.60 Å². The molecule has 0 spiro atoms. The maximum Gasteiger partial charge on any atom is 0.254 e. The van der Waals surface area contributed by atoms with Gasteiger partial charge in [-0.05, 0) is 43.4 Å². The van der Waals surface area contributed by atoms with Crippen molar-refractivity contribution in [2.24, 2.45) is 0 Å². The number of nitrogens with zero attached hydrogens (tertiary/aromatic N) is 1. The fraction of sp³-hybridized carbons (Fsp3) is 0.588. The summed E-state index contributed by atoms with van der Waals surface area (Å²) in [7, 11) is 1.80. The molecule has 1 aliphatic heterocycles. The van der Waals surface area contributed by atoms with Gasteiger partial charge in [0.1, 0.15) is 0 Å². The van der Waals surface area contributed by atoms with E-state index in [0.29, 0.717) is 6.54 Å². The van der Waals surface area contributed by atoms with E-state index < -0.39 is 5.60 Å². The third-order valence-electron chi connectivity index (χ3n) is 4.74. The van der Waals surface area contributed by atoms with Gasteiger partial charge in [0.2, 0.25) is 0 Å². The van der Waals surface area contributed by atoms with Crippen molar-refractivity contribution in [1.82, 2.24) is 4.90 Å². The summed E-state index contributed by atoms with van der Waals surface area (Å²) in [5.41, 5.74) is 2.31. The summed E-state index contributed by atoms with van der Waals surface area (Å²) in [5.74, 6) is 0.0240. The summed E-state index contributed by atoms with van der Waals surface area (Å²) < 4.78 is 0. The van der Waals surface area contributed by atoms with E-state index in [4.69, 9.17) is 0 Å². The second-order valence-electron chi connectivity index (χ2n) is 6.45. The zero-order valence-corrected chi connectivity index (χ0v) is 12.7. The molecule has 2 N–H and O–H groups in total. The molecule has 21 heavy (non-hydrogen) atoms. The monoisotopic (exact) mass is 288 g/mol. The second-order valence-corrected chi connectivity index (χ2v) is 6.45. The first-order valence-electron chi connectivity index (χ1n) is 7.93. The van der Waals surface area contributed by atoms with Gasteiger partial charge in [0.15, 0.2) is 0 Å². The lowest BCUT2D eigenvalue weighted by Crippen LogP contribution is -2.42. The van der Waals surface area contributed by atoms with Crippen LogP contribution < -0.4 is 5.32 Å². The Labute approximate surface area is 126 Å². The molecule has 1 saturated carbocycles. The van der Waals surface area contributed by atoms with Crippen LogP contribution in [-0.4, -0.2) is 41.7 Å². The molecule has 1 aliphatic carbocycles. The van der Waals surface area contributed by atoms with Gasteiger partial charge >= 0.3 is 0 Å². The molecular formula is C17H24N2O2. The number of amides is 1. The zero-order chi connectivity index (χ0) is 14.9. The minimum absolute atomic E-state index is 0.0240. The van der Waals surface area contributed by atoms with Gasteiger partial charge in [0, 0.05) is 31.4 Å². The van der Waals surface area contributed by atoms with E-state index in [2.05, 4.69) is 5.32 Å². The van der Waals surface area contributed by atoms with Crippen molar-refractivity contribution in [2.45, 2.75) is 44.1 Å². The van der Waals surface area contributed by atoms with Crippen LogP contribution in [0.15, 0.2) is 18.2 Å². The van der Waals surface area contributed by atoms with Gasteiger partial charge in [0.25, 0.3) is 5.91 Å². The molecule has 1 amide bonds. The lowest BCUT2D eigenvalue weighted by atomic mass is 9.96. The van der Waals surface area contributed by atoms with Crippen molar-refractivity contribution >= 4 is 11.6 Å². The average molecular weight is 288 g/mol. The Hall–Kier alpha value is -1.55. The first kappa shape index (κ1) is 14.4. The van der Waals surface area contributed by atoms with Crippen LogP contribution in [0.25, 0.3) is 0 Å². The Morgan fingerprint density at radius 2 is 2.10 bits per heavy atom. The minimum Gasteiger partial charge on any atom is -0.388 e. The number of fused-ring (bicyclic) bond motifs is 1. The third kappa shape index (κ3) is 2.91. The smallest absolute Gasteiger partial charge is 0.254 e. The molecule has 1 fully saturated rings. The highest BCUT2D eigenvalue weighted by Crippen LogP contribution is 2.31. The zero-order valence-electron chi connectivity index (χ0n) is 12.7. The molecule has 1 aromatic rings.